The molecule has 1 unspecified atom stereocenters. The lowest BCUT2D eigenvalue weighted by Crippen LogP contribution is -2.59. The molecule has 0 bridgehead atoms. The fourth-order valence-electron chi connectivity index (χ4n) is 4.21. The van der Waals surface area contributed by atoms with Crippen molar-refractivity contribution in [3.63, 3.8) is 0 Å². The standard InChI is InChI=1S/C23H28FN3O3/c1-5-23(14-17-9-11-18(24)12-10-17)16-25(2)19(15-26(23)3)13-20-21(27(28)29)7-6-8-22(20)30-4/h6-13H,5,14-16H2,1-4H3. The minimum atomic E-state index is -0.383. The Morgan fingerprint density at radius 3 is 2.53 bits per heavy atom. The van der Waals surface area contributed by atoms with Gasteiger partial charge in [-0.15, -0.1) is 0 Å². The Morgan fingerprint density at radius 2 is 1.93 bits per heavy atom. The maximum atomic E-state index is 13.3. The van der Waals surface area contributed by atoms with Crippen molar-refractivity contribution in [3.05, 3.63) is 75.2 Å². The molecule has 2 aromatic rings. The van der Waals surface area contributed by atoms with Crippen LogP contribution in [-0.2, 0) is 6.42 Å². The van der Waals surface area contributed by atoms with Gasteiger partial charge in [0.05, 0.1) is 17.6 Å². The Labute approximate surface area is 176 Å². The minimum absolute atomic E-state index is 0.0246. The Hall–Kier alpha value is -2.93. The highest BCUT2D eigenvalue weighted by Crippen LogP contribution is 2.35. The molecule has 0 aromatic heterocycles. The summed E-state index contributed by atoms with van der Waals surface area (Å²) < 4.78 is 18.7. The molecule has 6 nitrogen and oxygen atoms in total. The maximum absolute atomic E-state index is 13.3. The number of ether oxygens (including phenoxy) is 1. The summed E-state index contributed by atoms with van der Waals surface area (Å²) in [5, 5.41) is 11.5. The van der Waals surface area contributed by atoms with Gasteiger partial charge in [-0.1, -0.05) is 25.1 Å². The molecule has 2 aromatic carbocycles. The first-order valence-electron chi connectivity index (χ1n) is 9.98. The molecular weight excluding hydrogens is 385 g/mol. The van der Waals surface area contributed by atoms with E-state index in [1.165, 1.54) is 25.3 Å². The van der Waals surface area contributed by atoms with Crippen molar-refractivity contribution in [1.82, 2.24) is 9.80 Å². The molecule has 1 heterocycles. The Morgan fingerprint density at radius 1 is 1.23 bits per heavy atom. The second kappa shape index (κ2) is 8.83. The highest BCUT2D eigenvalue weighted by molar-refractivity contribution is 5.69. The minimum Gasteiger partial charge on any atom is -0.496 e. The maximum Gasteiger partial charge on any atom is 0.280 e. The molecule has 30 heavy (non-hydrogen) atoms. The van der Waals surface area contributed by atoms with Crippen LogP contribution < -0.4 is 4.74 Å². The highest BCUT2D eigenvalue weighted by atomic mass is 19.1. The van der Waals surface area contributed by atoms with Crippen LogP contribution in [0.4, 0.5) is 10.1 Å². The lowest BCUT2D eigenvalue weighted by molar-refractivity contribution is -0.385. The van der Waals surface area contributed by atoms with Crippen LogP contribution in [0, 0.1) is 15.9 Å². The van der Waals surface area contributed by atoms with E-state index in [2.05, 4.69) is 23.8 Å². The van der Waals surface area contributed by atoms with Crippen molar-refractivity contribution in [2.45, 2.75) is 25.3 Å². The number of hydrogen-bond donors (Lipinski definition) is 0. The van der Waals surface area contributed by atoms with Gasteiger partial charge in [0.2, 0.25) is 0 Å². The number of nitro benzene ring substituents is 1. The molecule has 0 N–H and O–H groups in total. The average Bonchev–Trinajstić information content (AvgIpc) is 2.73. The van der Waals surface area contributed by atoms with Crippen molar-refractivity contribution >= 4 is 11.8 Å². The van der Waals surface area contributed by atoms with Crippen molar-refractivity contribution < 1.29 is 14.1 Å². The summed E-state index contributed by atoms with van der Waals surface area (Å²) in [5.74, 6) is 0.244. The van der Waals surface area contributed by atoms with E-state index in [0.717, 1.165) is 30.6 Å². The number of hydrogen-bond acceptors (Lipinski definition) is 5. The average molecular weight is 413 g/mol. The largest absolute Gasteiger partial charge is 0.496 e. The van der Waals surface area contributed by atoms with Crippen LogP contribution in [0.2, 0.25) is 0 Å². The fourth-order valence-corrected chi connectivity index (χ4v) is 4.21. The van der Waals surface area contributed by atoms with E-state index in [1.54, 1.807) is 12.1 Å². The monoisotopic (exact) mass is 413 g/mol. The van der Waals surface area contributed by atoms with Crippen LogP contribution in [0.15, 0.2) is 48.2 Å². The van der Waals surface area contributed by atoms with Crippen molar-refractivity contribution in [2.24, 2.45) is 0 Å². The first kappa shape index (κ1) is 21.8. The second-order valence-corrected chi connectivity index (χ2v) is 7.88. The second-order valence-electron chi connectivity index (χ2n) is 7.88. The smallest absolute Gasteiger partial charge is 0.280 e. The van der Waals surface area contributed by atoms with Crippen LogP contribution in [0.3, 0.4) is 0 Å². The summed E-state index contributed by atoms with van der Waals surface area (Å²) in [6.07, 6.45) is 3.57. The zero-order valence-electron chi connectivity index (χ0n) is 17.9. The molecule has 7 heteroatoms. The molecule has 0 radical (unpaired) electrons. The van der Waals surface area contributed by atoms with Crippen LogP contribution >= 0.6 is 0 Å². The van der Waals surface area contributed by atoms with Crippen LogP contribution in [0.25, 0.3) is 6.08 Å². The summed E-state index contributed by atoms with van der Waals surface area (Å²) in [4.78, 5) is 15.6. The molecule has 1 saturated heterocycles. The van der Waals surface area contributed by atoms with Crippen molar-refractivity contribution in [3.8, 4) is 5.75 Å². The van der Waals surface area contributed by atoms with Crippen LogP contribution in [-0.4, -0.2) is 54.6 Å². The predicted molar refractivity (Wildman–Crippen MR) is 116 cm³/mol. The molecule has 0 aliphatic carbocycles. The third kappa shape index (κ3) is 4.31. The molecule has 1 fully saturated rings. The number of halogens is 1. The molecule has 0 saturated carbocycles. The third-order valence-corrected chi connectivity index (χ3v) is 6.11. The molecule has 1 aliphatic rings. The lowest BCUT2D eigenvalue weighted by atomic mass is 9.84. The van der Waals surface area contributed by atoms with Gasteiger partial charge >= 0.3 is 0 Å². The van der Waals surface area contributed by atoms with Gasteiger partial charge in [-0.25, -0.2) is 4.39 Å². The van der Waals surface area contributed by atoms with Crippen molar-refractivity contribution in [1.29, 1.82) is 0 Å². The van der Waals surface area contributed by atoms with E-state index in [4.69, 9.17) is 4.74 Å². The molecule has 1 aliphatic heterocycles. The first-order valence-corrected chi connectivity index (χ1v) is 9.98. The van der Waals surface area contributed by atoms with Crippen LogP contribution in [0.5, 0.6) is 5.75 Å². The number of nitrogens with zero attached hydrogens (tertiary/aromatic N) is 3. The molecule has 0 amide bonds. The number of benzene rings is 2. The van der Waals surface area contributed by atoms with Gasteiger partial charge in [0.25, 0.3) is 5.69 Å². The quantitative estimate of drug-likeness (QED) is 0.520. The fraction of sp³-hybridized carbons (Fsp3) is 0.391. The summed E-state index contributed by atoms with van der Waals surface area (Å²) in [6, 6.07) is 11.5. The van der Waals surface area contributed by atoms with E-state index in [-0.39, 0.29) is 22.0 Å². The topological polar surface area (TPSA) is 58.9 Å². The zero-order chi connectivity index (χ0) is 21.9. The zero-order valence-corrected chi connectivity index (χ0v) is 17.9. The highest BCUT2D eigenvalue weighted by Gasteiger charge is 2.39. The molecule has 0 spiro atoms. The van der Waals surface area contributed by atoms with Gasteiger partial charge in [-0.2, -0.15) is 0 Å². The summed E-state index contributed by atoms with van der Waals surface area (Å²) in [5.41, 5.74) is 2.45. The number of rotatable bonds is 6. The summed E-state index contributed by atoms with van der Waals surface area (Å²) in [7, 11) is 5.60. The Balaban J connectivity index is 1.92. The van der Waals surface area contributed by atoms with Gasteiger partial charge in [0.1, 0.15) is 11.6 Å². The molecule has 3 rings (SSSR count). The first-order chi connectivity index (χ1) is 14.3. The number of nitro groups is 1. The van der Waals surface area contributed by atoms with Gasteiger partial charge in [-0.3, -0.25) is 15.0 Å². The van der Waals surface area contributed by atoms with Crippen molar-refractivity contribution in [2.75, 3.05) is 34.3 Å². The summed E-state index contributed by atoms with van der Waals surface area (Å²) >= 11 is 0. The molecule has 1 atom stereocenters. The van der Waals surface area contributed by atoms with E-state index >= 15 is 0 Å². The Bertz CT molecular complexity index is 945. The van der Waals surface area contributed by atoms with Crippen LogP contribution in [0.1, 0.15) is 24.5 Å². The van der Waals surface area contributed by atoms with Gasteiger partial charge < -0.3 is 9.64 Å². The number of methoxy groups -OCH3 is 1. The predicted octanol–water partition coefficient (Wildman–Crippen LogP) is 4.35. The summed E-state index contributed by atoms with van der Waals surface area (Å²) in [6.45, 7) is 3.56. The lowest BCUT2D eigenvalue weighted by Gasteiger charge is -2.50. The normalized spacial score (nSPS) is 21.1. The number of piperazine rings is 1. The van der Waals surface area contributed by atoms with E-state index < -0.39 is 0 Å². The molecule has 160 valence electrons. The number of likely N-dealkylation sites (N-methyl/N-ethyl adjacent to an activating group) is 2. The Kier molecular flexibility index (Phi) is 6.41. The van der Waals surface area contributed by atoms with E-state index in [0.29, 0.717) is 17.9 Å². The molecular formula is C23H28FN3O3. The van der Waals surface area contributed by atoms with E-state index in [1.807, 2.05) is 25.3 Å². The van der Waals surface area contributed by atoms with Gasteiger partial charge in [0, 0.05) is 37.4 Å². The van der Waals surface area contributed by atoms with Gasteiger partial charge in [0.15, 0.2) is 0 Å². The SMILES string of the molecule is CCC1(Cc2ccc(F)cc2)CN(C)C(=Cc2c(OC)cccc2[N+](=O)[O-])CN1C. The third-order valence-electron chi connectivity index (χ3n) is 6.11. The van der Waals surface area contributed by atoms with E-state index in [9.17, 15) is 14.5 Å². The van der Waals surface area contributed by atoms with Gasteiger partial charge in [-0.05, 0) is 49.7 Å².